The first-order chi connectivity index (χ1) is 30.3. The van der Waals surface area contributed by atoms with Gasteiger partial charge in [0.1, 0.15) is 0 Å². The highest BCUT2D eigenvalue weighted by Crippen LogP contribution is 2.63. The number of nitrogens with zero attached hydrogens (tertiary/aromatic N) is 2. The van der Waals surface area contributed by atoms with E-state index >= 15 is 0 Å². The number of hydrogen-bond donors (Lipinski definition) is 0. The van der Waals surface area contributed by atoms with Gasteiger partial charge >= 0.3 is 0 Å². The highest BCUT2D eigenvalue weighted by molar-refractivity contribution is 6.05. The molecule has 11 rings (SSSR count). The Morgan fingerprint density at radius 2 is 0.694 bits per heavy atom. The second-order valence-electron chi connectivity index (χ2n) is 17.7. The summed E-state index contributed by atoms with van der Waals surface area (Å²) >= 11 is 0. The number of hydrogen-bond acceptors (Lipinski definition) is 2. The number of benzene rings is 9. The SMILES string of the molecule is CC1(C)c2cc(N(c3ccccc3)c3ccccc3)ccc2-c2c1cc1c(c2-c2ccccc2)C(C)(C)c2cc(N(c3ccccc3)c3ccccc3)cc(-c3ccccc3)c2-1. The molecule has 0 saturated heterocycles. The van der Waals surface area contributed by atoms with Crippen molar-refractivity contribution in [1.29, 1.82) is 0 Å². The first kappa shape index (κ1) is 37.6. The molecular formula is C60H48N2. The molecule has 0 N–H and O–H groups in total. The van der Waals surface area contributed by atoms with E-state index in [4.69, 9.17) is 0 Å². The highest BCUT2D eigenvalue weighted by Gasteiger charge is 2.46. The monoisotopic (exact) mass is 796 g/mol. The summed E-state index contributed by atoms with van der Waals surface area (Å²) in [5, 5.41) is 0. The molecule has 298 valence electrons. The third kappa shape index (κ3) is 5.93. The zero-order valence-corrected chi connectivity index (χ0v) is 35.7. The molecule has 9 aromatic rings. The van der Waals surface area contributed by atoms with E-state index in [9.17, 15) is 0 Å². The van der Waals surface area contributed by atoms with E-state index < -0.39 is 0 Å². The molecule has 0 radical (unpaired) electrons. The van der Waals surface area contributed by atoms with Gasteiger partial charge in [0.25, 0.3) is 0 Å². The molecule has 0 amide bonds. The van der Waals surface area contributed by atoms with Crippen molar-refractivity contribution < 1.29 is 0 Å². The first-order valence-corrected chi connectivity index (χ1v) is 21.8. The number of para-hydroxylation sites is 4. The molecule has 2 nitrogen and oxygen atoms in total. The van der Waals surface area contributed by atoms with Crippen molar-refractivity contribution in [3.63, 3.8) is 0 Å². The summed E-state index contributed by atoms with van der Waals surface area (Å²) in [5.74, 6) is 0. The van der Waals surface area contributed by atoms with Crippen LogP contribution in [0, 0.1) is 0 Å². The lowest BCUT2D eigenvalue weighted by Gasteiger charge is -2.30. The third-order valence-corrected chi connectivity index (χ3v) is 13.4. The number of anilines is 6. The smallest absolute Gasteiger partial charge is 0.0471 e. The van der Waals surface area contributed by atoms with Gasteiger partial charge in [0.2, 0.25) is 0 Å². The van der Waals surface area contributed by atoms with Gasteiger partial charge in [-0.3, -0.25) is 0 Å². The molecule has 9 aromatic carbocycles. The predicted octanol–water partition coefficient (Wildman–Crippen LogP) is 16.6. The maximum absolute atomic E-state index is 2.58. The van der Waals surface area contributed by atoms with Gasteiger partial charge in [-0.15, -0.1) is 0 Å². The zero-order chi connectivity index (χ0) is 42.0. The van der Waals surface area contributed by atoms with E-state index in [-0.39, 0.29) is 10.8 Å². The van der Waals surface area contributed by atoms with Crippen molar-refractivity contribution in [2.24, 2.45) is 0 Å². The van der Waals surface area contributed by atoms with Crippen LogP contribution < -0.4 is 9.80 Å². The fourth-order valence-corrected chi connectivity index (χ4v) is 10.5. The minimum atomic E-state index is -0.340. The lowest BCUT2D eigenvalue weighted by atomic mass is 9.75. The van der Waals surface area contributed by atoms with Crippen molar-refractivity contribution in [3.8, 4) is 44.5 Å². The van der Waals surface area contributed by atoms with Crippen LogP contribution >= 0.6 is 0 Å². The molecule has 2 aliphatic carbocycles. The molecule has 0 aliphatic heterocycles. The molecule has 0 spiro atoms. The van der Waals surface area contributed by atoms with E-state index in [1.54, 1.807) is 0 Å². The molecule has 0 bridgehead atoms. The number of fused-ring (bicyclic) bond motifs is 6. The normalized spacial score (nSPS) is 13.7. The van der Waals surface area contributed by atoms with Crippen LogP contribution in [0.5, 0.6) is 0 Å². The lowest BCUT2D eigenvalue weighted by molar-refractivity contribution is 0.653. The topological polar surface area (TPSA) is 6.48 Å². The van der Waals surface area contributed by atoms with Crippen molar-refractivity contribution in [2.45, 2.75) is 38.5 Å². The van der Waals surface area contributed by atoms with E-state index in [0.29, 0.717) is 0 Å². The van der Waals surface area contributed by atoms with E-state index in [1.807, 2.05) is 0 Å². The summed E-state index contributed by atoms with van der Waals surface area (Å²) in [6, 6.07) is 79.9. The van der Waals surface area contributed by atoms with Gasteiger partial charge in [-0.05, 0) is 146 Å². The molecule has 0 fully saturated rings. The highest BCUT2D eigenvalue weighted by atomic mass is 15.1. The van der Waals surface area contributed by atoms with Crippen LogP contribution in [-0.2, 0) is 10.8 Å². The van der Waals surface area contributed by atoms with Gasteiger partial charge in [-0.1, -0.05) is 167 Å². The maximum Gasteiger partial charge on any atom is 0.0471 e. The average Bonchev–Trinajstić information content (AvgIpc) is 3.69. The van der Waals surface area contributed by atoms with Crippen LogP contribution in [0.3, 0.4) is 0 Å². The molecular weight excluding hydrogens is 749 g/mol. The molecule has 0 unspecified atom stereocenters. The Labute approximate surface area is 366 Å². The Balaban J connectivity index is 1.18. The largest absolute Gasteiger partial charge is 0.310 e. The quantitative estimate of drug-likeness (QED) is 0.151. The minimum absolute atomic E-state index is 0.282. The molecule has 0 saturated carbocycles. The summed E-state index contributed by atoms with van der Waals surface area (Å²) in [7, 11) is 0. The minimum Gasteiger partial charge on any atom is -0.310 e. The Morgan fingerprint density at radius 1 is 0.274 bits per heavy atom. The Kier molecular flexibility index (Phi) is 8.87. The Bertz CT molecular complexity index is 3000. The molecule has 0 heterocycles. The van der Waals surface area contributed by atoms with Gasteiger partial charge in [0.15, 0.2) is 0 Å². The van der Waals surface area contributed by atoms with Crippen molar-refractivity contribution in [3.05, 3.63) is 241 Å². The standard InChI is InChI=1S/C60H48N2/c1-59(2)52-38-47(61(43-27-15-7-16-28-43)44-29-17-8-18-30-44)35-36-49(52)57-54(59)40-51-56-50(41-23-11-5-12-24-41)37-48(62(45-31-19-9-20-32-45)46-33-21-10-22-34-46)39-53(56)60(3,4)58(51)55(57)42-25-13-6-14-26-42/h5-40H,1-4H3. The maximum atomic E-state index is 2.58. The summed E-state index contributed by atoms with van der Waals surface area (Å²) in [4.78, 5) is 4.80. The van der Waals surface area contributed by atoms with E-state index in [0.717, 1.165) is 34.1 Å². The van der Waals surface area contributed by atoms with Crippen LogP contribution in [0.15, 0.2) is 218 Å². The molecule has 2 aliphatic rings. The predicted molar refractivity (Wildman–Crippen MR) is 262 cm³/mol. The third-order valence-electron chi connectivity index (χ3n) is 13.4. The summed E-state index contributed by atoms with van der Waals surface area (Å²) in [6.45, 7) is 9.76. The summed E-state index contributed by atoms with van der Waals surface area (Å²) < 4.78 is 0. The fourth-order valence-electron chi connectivity index (χ4n) is 10.5. The Morgan fingerprint density at radius 3 is 1.19 bits per heavy atom. The lowest BCUT2D eigenvalue weighted by Crippen LogP contribution is -2.19. The average molecular weight is 797 g/mol. The van der Waals surface area contributed by atoms with Crippen molar-refractivity contribution in [2.75, 3.05) is 9.80 Å². The Hall–Kier alpha value is -7.42. The van der Waals surface area contributed by atoms with Crippen LogP contribution in [0.2, 0.25) is 0 Å². The van der Waals surface area contributed by atoms with E-state index in [2.05, 4.69) is 256 Å². The second-order valence-corrected chi connectivity index (χ2v) is 17.7. The molecule has 0 aromatic heterocycles. The number of rotatable bonds is 8. The van der Waals surface area contributed by atoms with Crippen LogP contribution in [-0.4, -0.2) is 0 Å². The van der Waals surface area contributed by atoms with Gasteiger partial charge in [-0.25, -0.2) is 0 Å². The molecule has 0 atom stereocenters. The van der Waals surface area contributed by atoms with Crippen molar-refractivity contribution in [1.82, 2.24) is 0 Å². The molecule has 62 heavy (non-hydrogen) atoms. The van der Waals surface area contributed by atoms with Gasteiger partial charge in [0.05, 0.1) is 0 Å². The zero-order valence-electron chi connectivity index (χ0n) is 35.7. The van der Waals surface area contributed by atoms with Gasteiger partial charge in [0, 0.05) is 45.0 Å². The first-order valence-electron chi connectivity index (χ1n) is 21.8. The summed E-state index contributed by atoms with van der Waals surface area (Å²) in [6.07, 6.45) is 0. The van der Waals surface area contributed by atoms with Gasteiger partial charge in [-0.2, -0.15) is 0 Å². The van der Waals surface area contributed by atoms with E-state index in [1.165, 1.54) is 66.8 Å². The molecule has 2 heteroatoms. The van der Waals surface area contributed by atoms with Crippen LogP contribution in [0.4, 0.5) is 34.1 Å². The van der Waals surface area contributed by atoms with Crippen molar-refractivity contribution >= 4 is 34.1 Å². The fraction of sp³-hybridized carbons (Fsp3) is 0.100. The van der Waals surface area contributed by atoms with Crippen LogP contribution in [0.1, 0.15) is 49.9 Å². The van der Waals surface area contributed by atoms with Gasteiger partial charge < -0.3 is 9.80 Å². The second kappa shape index (κ2) is 14.6. The summed E-state index contributed by atoms with van der Waals surface area (Å²) in [5.41, 5.74) is 22.0. The van der Waals surface area contributed by atoms with Crippen LogP contribution in [0.25, 0.3) is 44.5 Å².